The van der Waals surface area contributed by atoms with Crippen LogP contribution in [0, 0.1) is 6.92 Å². The molecule has 0 aliphatic carbocycles. The van der Waals surface area contributed by atoms with Gasteiger partial charge in [-0.15, -0.1) is 0 Å². The number of aryl methyl sites for hydroxylation is 1. The number of fused-ring (bicyclic) bond motifs is 1. The highest BCUT2D eigenvalue weighted by Crippen LogP contribution is 2.46. The summed E-state index contributed by atoms with van der Waals surface area (Å²) in [6, 6.07) is 8.70. The lowest BCUT2D eigenvalue weighted by Crippen LogP contribution is -2.29. The first-order valence-electron chi connectivity index (χ1n) is 12.9. The summed E-state index contributed by atoms with van der Waals surface area (Å²) < 4.78 is 27.6. The Bertz CT molecular complexity index is 1560. The number of esters is 1. The zero-order valence-electron chi connectivity index (χ0n) is 22.9. The van der Waals surface area contributed by atoms with Crippen molar-refractivity contribution in [1.82, 2.24) is 4.98 Å². The minimum Gasteiger partial charge on any atom is -0.507 e. The number of hydrogen-bond donors (Lipinski definition) is 1. The Labute approximate surface area is 239 Å². The number of hydrogen-bond acceptors (Lipinski definition) is 11. The molecule has 2 aromatic carbocycles. The molecule has 3 heterocycles. The highest BCUT2D eigenvalue weighted by molar-refractivity contribution is 7.17. The number of aromatic nitrogens is 1. The molecule has 5 rings (SSSR count). The standard InChI is InChI=1S/C29H28N2O9S/c1-5-37-18-9-7-16(13-20(18)38-6-2)23-22(24(32)17-8-10-19-21(14-17)40-12-11-39-19)25(33)27(34)31(23)29-30-15(3)26(41-29)28(35)36-4/h7-10,13-14,23,32H,5-6,11-12H2,1-4H3. The van der Waals surface area contributed by atoms with E-state index in [0.29, 0.717) is 60.7 Å². The Balaban J connectivity index is 1.71. The van der Waals surface area contributed by atoms with Crippen molar-refractivity contribution in [1.29, 1.82) is 0 Å². The minimum absolute atomic E-state index is 0.100. The Morgan fingerprint density at radius 3 is 2.46 bits per heavy atom. The third-order valence-corrected chi connectivity index (χ3v) is 7.64. The van der Waals surface area contributed by atoms with Gasteiger partial charge in [0.2, 0.25) is 0 Å². The lowest BCUT2D eigenvalue weighted by Gasteiger charge is -2.24. The molecule has 2 aliphatic heterocycles. The Morgan fingerprint density at radius 1 is 1.05 bits per heavy atom. The number of benzene rings is 2. The molecule has 0 spiro atoms. The Hall–Kier alpha value is -4.58. The summed E-state index contributed by atoms with van der Waals surface area (Å²) in [7, 11) is 1.25. The van der Waals surface area contributed by atoms with Crippen molar-refractivity contribution >= 4 is 39.9 Å². The first kappa shape index (κ1) is 28.0. The van der Waals surface area contributed by atoms with Crippen molar-refractivity contribution < 1.29 is 43.2 Å². The maximum atomic E-state index is 13.6. The molecule has 0 radical (unpaired) electrons. The van der Waals surface area contributed by atoms with Crippen LogP contribution in [-0.4, -0.2) is 61.3 Å². The first-order valence-corrected chi connectivity index (χ1v) is 13.8. The molecule has 0 bridgehead atoms. The van der Waals surface area contributed by atoms with Gasteiger partial charge in [0.05, 0.1) is 37.6 Å². The summed E-state index contributed by atoms with van der Waals surface area (Å²) in [5.41, 5.74) is 0.901. The lowest BCUT2D eigenvalue weighted by molar-refractivity contribution is -0.132. The van der Waals surface area contributed by atoms with Crippen molar-refractivity contribution in [2.24, 2.45) is 0 Å². The fraction of sp³-hybridized carbons (Fsp3) is 0.310. The number of rotatable bonds is 8. The number of carbonyl (C=O) groups excluding carboxylic acids is 3. The molecule has 1 aromatic heterocycles. The van der Waals surface area contributed by atoms with Gasteiger partial charge in [0.25, 0.3) is 5.78 Å². The third-order valence-electron chi connectivity index (χ3n) is 6.51. The van der Waals surface area contributed by atoms with Crippen LogP contribution in [0.1, 0.15) is 46.4 Å². The van der Waals surface area contributed by atoms with E-state index in [1.807, 2.05) is 13.8 Å². The van der Waals surface area contributed by atoms with Gasteiger partial charge in [-0.05, 0) is 56.7 Å². The average molecular weight is 581 g/mol. The van der Waals surface area contributed by atoms with Gasteiger partial charge >= 0.3 is 11.9 Å². The van der Waals surface area contributed by atoms with Crippen molar-refractivity contribution in [3.05, 3.63) is 63.7 Å². The van der Waals surface area contributed by atoms with Gasteiger partial charge in [-0.2, -0.15) is 0 Å². The number of methoxy groups -OCH3 is 1. The molecule has 11 nitrogen and oxygen atoms in total. The highest BCUT2D eigenvalue weighted by atomic mass is 32.1. The quantitative estimate of drug-likeness (QED) is 0.176. The summed E-state index contributed by atoms with van der Waals surface area (Å²) in [4.78, 5) is 45.3. The van der Waals surface area contributed by atoms with E-state index in [0.717, 1.165) is 11.3 Å². The van der Waals surface area contributed by atoms with Crippen LogP contribution in [0.5, 0.6) is 23.0 Å². The number of ketones is 1. The lowest BCUT2D eigenvalue weighted by atomic mass is 9.95. The molecule has 214 valence electrons. The summed E-state index contributed by atoms with van der Waals surface area (Å²) in [5, 5.41) is 11.6. The number of aliphatic hydroxyl groups excluding tert-OH is 1. The monoisotopic (exact) mass is 580 g/mol. The topological polar surface area (TPSA) is 134 Å². The number of thiazole rings is 1. The van der Waals surface area contributed by atoms with E-state index in [9.17, 15) is 19.5 Å². The number of carbonyl (C=O) groups is 3. The van der Waals surface area contributed by atoms with Crippen LogP contribution >= 0.6 is 11.3 Å². The largest absolute Gasteiger partial charge is 0.507 e. The van der Waals surface area contributed by atoms with E-state index in [1.54, 1.807) is 43.3 Å². The number of Topliss-reactive ketones (excluding diaryl/α,β-unsaturated/α-hetero) is 1. The van der Waals surface area contributed by atoms with E-state index >= 15 is 0 Å². The molecular formula is C29H28N2O9S. The van der Waals surface area contributed by atoms with Crippen molar-refractivity contribution in [2.75, 3.05) is 38.4 Å². The zero-order valence-corrected chi connectivity index (χ0v) is 23.7. The predicted molar refractivity (Wildman–Crippen MR) is 149 cm³/mol. The second-order valence-electron chi connectivity index (χ2n) is 9.00. The molecule has 1 saturated heterocycles. The molecule has 1 unspecified atom stereocenters. The first-order chi connectivity index (χ1) is 19.8. The van der Waals surface area contributed by atoms with Gasteiger partial charge in [-0.25, -0.2) is 9.78 Å². The van der Waals surface area contributed by atoms with Crippen LogP contribution in [0.15, 0.2) is 42.0 Å². The maximum absolute atomic E-state index is 13.6. The Morgan fingerprint density at radius 2 is 1.76 bits per heavy atom. The maximum Gasteiger partial charge on any atom is 0.350 e. The van der Waals surface area contributed by atoms with Crippen molar-refractivity contribution in [2.45, 2.75) is 26.8 Å². The predicted octanol–water partition coefficient (Wildman–Crippen LogP) is 4.43. The summed E-state index contributed by atoms with van der Waals surface area (Å²) in [6.45, 7) is 6.74. The second-order valence-corrected chi connectivity index (χ2v) is 9.98. The number of aliphatic hydroxyl groups is 1. The van der Waals surface area contributed by atoms with E-state index in [-0.39, 0.29) is 21.1 Å². The van der Waals surface area contributed by atoms with Gasteiger partial charge in [0.15, 0.2) is 28.1 Å². The molecule has 1 amide bonds. The van der Waals surface area contributed by atoms with Gasteiger partial charge in [0, 0.05) is 5.56 Å². The van der Waals surface area contributed by atoms with Crippen LogP contribution in [0.4, 0.5) is 5.13 Å². The third kappa shape index (κ3) is 5.06. The molecule has 1 N–H and O–H groups in total. The molecule has 0 saturated carbocycles. The number of nitrogens with zero attached hydrogens (tertiary/aromatic N) is 2. The van der Waals surface area contributed by atoms with Gasteiger partial charge in [0.1, 0.15) is 23.9 Å². The SMILES string of the molecule is CCOc1ccc(C2C(=C(O)c3ccc4c(c3)OCCO4)C(=O)C(=O)N2c2nc(C)c(C(=O)OC)s2)cc1OCC. The van der Waals surface area contributed by atoms with Crippen LogP contribution in [0.25, 0.3) is 5.76 Å². The van der Waals surface area contributed by atoms with Gasteiger partial charge in [-0.3, -0.25) is 14.5 Å². The molecule has 1 atom stereocenters. The van der Waals surface area contributed by atoms with Crippen molar-refractivity contribution in [3.63, 3.8) is 0 Å². The Kier molecular flexibility index (Phi) is 7.84. The highest BCUT2D eigenvalue weighted by Gasteiger charge is 2.48. The fourth-order valence-corrected chi connectivity index (χ4v) is 5.71. The van der Waals surface area contributed by atoms with Gasteiger partial charge in [-0.1, -0.05) is 17.4 Å². The normalized spacial score (nSPS) is 17.5. The second kappa shape index (κ2) is 11.5. The van der Waals surface area contributed by atoms with E-state index < -0.39 is 29.5 Å². The van der Waals surface area contributed by atoms with E-state index in [4.69, 9.17) is 23.7 Å². The van der Waals surface area contributed by atoms with Gasteiger partial charge < -0.3 is 28.8 Å². The summed E-state index contributed by atoms with van der Waals surface area (Å²) >= 11 is 0.918. The molecule has 1 fully saturated rings. The van der Waals surface area contributed by atoms with Crippen LogP contribution in [-0.2, 0) is 14.3 Å². The summed E-state index contributed by atoms with van der Waals surface area (Å²) in [6.07, 6.45) is 0. The molecule has 41 heavy (non-hydrogen) atoms. The van der Waals surface area contributed by atoms with Crippen molar-refractivity contribution in [3.8, 4) is 23.0 Å². The molecule has 3 aromatic rings. The van der Waals surface area contributed by atoms with Crippen LogP contribution < -0.4 is 23.8 Å². The fourth-order valence-electron chi connectivity index (χ4n) is 4.70. The minimum atomic E-state index is -1.10. The summed E-state index contributed by atoms with van der Waals surface area (Å²) in [5.74, 6) is -1.04. The number of anilines is 1. The zero-order chi connectivity index (χ0) is 29.3. The van der Waals surface area contributed by atoms with Crippen LogP contribution in [0.2, 0.25) is 0 Å². The molecule has 12 heteroatoms. The number of amides is 1. The van der Waals surface area contributed by atoms with E-state index in [2.05, 4.69) is 4.98 Å². The molecule has 2 aliphatic rings. The van der Waals surface area contributed by atoms with Crippen LogP contribution in [0.3, 0.4) is 0 Å². The van der Waals surface area contributed by atoms with E-state index in [1.165, 1.54) is 12.0 Å². The molecular weight excluding hydrogens is 552 g/mol. The number of ether oxygens (including phenoxy) is 5. The smallest absolute Gasteiger partial charge is 0.350 e. The average Bonchev–Trinajstić information content (AvgIpc) is 3.49.